The minimum Gasteiger partial charge on any atom is -0.508 e. The first-order valence-electron chi connectivity index (χ1n) is 20.6. The molecular formula is C40H57N9O10. The quantitative estimate of drug-likeness (QED) is 0.135. The van der Waals surface area contributed by atoms with Crippen LogP contribution in [0.5, 0.6) is 5.75 Å². The Kier molecular flexibility index (Phi) is 13.3. The number of benzene rings is 1. The van der Waals surface area contributed by atoms with Crippen LogP contribution in [0.2, 0.25) is 0 Å². The fourth-order valence-electron chi connectivity index (χ4n) is 8.59. The largest absolute Gasteiger partial charge is 0.508 e. The van der Waals surface area contributed by atoms with Gasteiger partial charge in [-0.15, -0.1) is 0 Å². The van der Waals surface area contributed by atoms with Gasteiger partial charge in [0.15, 0.2) is 6.23 Å². The number of nitrogens with two attached hydrogens (primary N) is 1. The van der Waals surface area contributed by atoms with Gasteiger partial charge in [0.25, 0.3) is 5.91 Å². The van der Waals surface area contributed by atoms with Gasteiger partial charge < -0.3 is 50.9 Å². The number of aliphatic hydroxyl groups is 1. The van der Waals surface area contributed by atoms with Gasteiger partial charge in [0.1, 0.15) is 54.0 Å². The van der Waals surface area contributed by atoms with E-state index in [1.165, 1.54) is 33.8 Å². The topological polar surface area (TPSA) is 256 Å². The molecule has 1 unspecified atom stereocenters. The van der Waals surface area contributed by atoms with E-state index in [0.717, 1.165) is 11.3 Å². The van der Waals surface area contributed by atoms with Crippen molar-refractivity contribution in [2.45, 2.75) is 134 Å². The Balaban J connectivity index is 1.34. The Hall–Kier alpha value is -5.43. The van der Waals surface area contributed by atoms with Crippen LogP contribution in [0.15, 0.2) is 36.2 Å². The normalized spacial score (nSPS) is 31.2. The van der Waals surface area contributed by atoms with E-state index in [-0.39, 0.29) is 43.3 Å². The molecule has 4 fully saturated rings. The van der Waals surface area contributed by atoms with E-state index in [1.807, 2.05) is 6.92 Å². The van der Waals surface area contributed by atoms with Gasteiger partial charge in [0.05, 0.1) is 12.1 Å². The molecule has 1 aromatic carbocycles. The number of hydrogen-bond donors (Lipinski definition) is 7. The summed E-state index contributed by atoms with van der Waals surface area (Å²) >= 11 is 0. The van der Waals surface area contributed by atoms with Crippen LogP contribution in [-0.2, 0) is 44.7 Å². The fourth-order valence-corrected chi connectivity index (χ4v) is 8.59. The van der Waals surface area contributed by atoms with Gasteiger partial charge in [0.2, 0.25) is 35.4 Å². The number of hydrazine groups is 1. The lowest BCUT2D eigenvalue weighted by atomic mass is 9.96. The maximum absolute atomic E-state index is 14.5. The maximum Gasteiger partial charge on any atom is 0.287 e. The maximum atomic E-state index is 14.5. The van der Waals surface area contributed by atoms with Crippen molar-refractivity contribution in [1.82, 2.24) is 41.0 Å². The third-order valence-electron chi connectivity index (χ3n) is 12.2. The molecule has 0 saturated carbocycles. The first kappa shape index (κ1) is 43.2. The van der Waals surface area contributed by atoms with Crippen LogP contribution in [0.1, 0.15) is 78.2 Å². The Bertz CT molecular complexity index is 1820. The Morgan fingerprint density at radius 2 is 1.29 bits per heavy atom. The molecule has 1 aromatic rings. The summed E-state index contributed by atoms with van der Waals surface area (Å²) in [7, 11) is 0. The highest BCUT2D eigenvalue weighted by molar-refractivity contribution is 5.99. The highest BCUT2D eigenvalue weighted by atomic mass is 16.5. The number of nitrogens with one attached hydrogen (secondary N) is 4. The number of ether oxygens (including phenoxy) is 1. The molecule has 19 nitrogen and oxygen atoms in total. The van der Waals surface area contributed by atoms with Crippen molar-refractivity contribution in [1.29, 1.82) is 0 Å². The summed E-state index contributed by atoms with van der Waals surface area (Å²) in [6.45, 7) is 7.31. The molecule has 322 valence electrons. The number of hydrogen-bond acceptors (Lipinski definition) is 12. The van der Waals surface area contributed by atoms with Crippen molar-refractivity contribution in [3.05, 3.63) is 41.8 Å². The SMILES string of the molecule is CC[C@H](C)[C@@H]1NC(=O)[C@H]([C@@H](C)O)NC(=O)[C@@H]2CCCN2C(=O)[C@H](Cc2ccc(O)cc2)N(N)C(=O)C2=COC(N2)[C@H](C)NC(=O)[C@@H]2CCCN2C(=O)[C@@H]2CCCN2C1=O. The van der Waals surface area contributed by atoms with Crippen LogP contribution < -0.4 is 27.1 Å². The summed E-state index contributed by atoms with van der Waals surface area (Å²) in [6.07, 6.45) is 1.64. The van der Waals surface area contributed by atoms with E-state index in [9.17, 15) is 43.8 Å². The molecule has 10 atom stereocenters. The van der Waals surface area contributed by atoms with E-state index in [1.54, 1.807) is 26.0 Å². The summed E-state index contributed by atoms with van der Waals surface area (Å²) in [5.41, 5.74) is 0.449. The summed E-state index contributed by atoms with van der Waals surface area (Å²) in [6, 6.07) is -1.52. The Labute approximate surface area is 343 Å². The van der Waals surface area contributed by atoms with Crippen molar-refractivity contribution in [3.63, 3.8) is 0 Å². The number of fused-ring (bicyclic) bond motifs is 5. The van der Waals surface area contributed by atoms with Crippen molar-refractivity contribution < 1.29 is 48.5 Å². The van der Waals surface area contributed by atoms with Crippen LogP contribution in [0, 0.1) is 5.92 Å². The molecule has 0 aromatic heterocycles. The van der Waals surface area contributed by atoms with Crippen LogP contribution in [0.4, 0.5) is 0 Å². The second-order valence-corrected chi connectivity index (χ2v) is 16.3. The number of phenolic OH excluding ortho intramolecular Hbond substituents is 1. The minimum absolute atomic E-state index is 0.0144. The predicted octanol–water partition coefficient (Wildman–Crippen LogP) is -1.32. The Morgan fingerprint density at radius 3 is 1.88 bits per heavy atom. The van der Waals surface area contributed by atoms with Crippen molar-refractivity contribution in [2.24, 2.45) is 11.8 Å². The van der Waals surface area contributed by atoms with Crippen LogP contribution in [-0.4, -0.2) is 146 Å². The number of amides is 7. The van der Waals surface area contributed by atoms with Gasteiger partial charge in [-0.1, -0.05) is 32.4 Å². The summed E-state index contributed by atoms with van der Waals surface area (Å²) in [5, 5.41) is 32.7. The number of phenols is 1. The number of nitrogens with zero attached hydrogens (tertiary/aromatic N) is 4. The summed E-state index contributed by atoms with van der Waals surface area (Å²) in [4.78, 5) is 103. The lowest BCUT2D eigenvalue weighted by Crippen LogP contribution is -2.63. The Morgan fingerprint density at radius 1 is 0.746 bits per heavy atom. The second-order valence-electron chi connectivity index (χ2n) is 16.3. The lowest BCUT2D eigenvalue weighted by Gasteiger charge is -2.35. The summed E-state index contributed by atoms with van der Waals surface area (Å²) in [5.74, 6) is 1.73. The number of carbonyl (C=O) groups excluding carboxylic acids is 7. The molecule has 7 amide bonds. The van der Waals surface area contributed by atoms with E-state index < -0.39 is 96.0 Å². The fraction of sp³-hybridized carbons (Fsp3) is 0.625. The monoisotopic (exact) mass is 823 g/mol. The van der Waals surface area contributed by atoms with Gasteiger partial charge in [-0.3, -0.25) is 38.6 Å². The smallest absolute Gasteiger partial charge is 0.287 e. The molecule has 8 N–H and O–H groups in total. The number of aliphatic hydroxyl groups excluding tert-OH is 1. The van der Waals surface area contributed by atoms with Gasteiger partial charge in [-0.05, 0) is 76.0 Å². The second kappa shape index (κ2) is 18.2. The van der Waals surface area contributed by atoms with Crippen molar-refractivity contribution in [3.8, 4) is 5.75 Å². The molecule has 0 spiro atoms. The molecule has 0 aliphatic carbocycles. The molecular weight excluding hydrogens is 766 g/mol. The minimum atomic E-state index is -1.53. The molecule has 0 radical (unpaired) electrons. The van der Waals surface area contributed by atoms with Crippen molar-refractivity contribution in [2.75, 3.05) is 19.6 Å². The van der Waals surface area contributed by atoms with Crippen LogP contribution in [0.25, 0.3) is 0 Å². The standard InChI is InChI=1S/C40H57N9O10/c1-5-21(2)31-40(58)48-18-8-11-29(48)38(56)46-16-6-9-27(46)33(52)42-22(3)36-43-26(20-59-36)37(55)49(41)30(19-24-12-14-25(51)15-13-24)39(57)47-17-7-10-28(47)34(53)45-32(23(4)50)35(54)44-31/h12-15,20-23,27-32,36,43,50-51H,5-11,16-19,41H2,1-4H3,(H,42,52)(H,44,54)(H,45,53)/t21-,22-,23+,27-,28-,29-,30-,31-,32-,36?/m0/s1. The molecule has 19 heteroatoms. The zero-order chi connectivity index (χ0) is 42.7. The van der Waals surface area contributed by atoms with Crippen LogP contribution in [0.3, 0.4) is 0 Å². The highest BCUT2D eigenvalue weighted by Gasteiger charge is 2.47. The average molecular weight is 824 g/mol. The number of rotatable bonds is 5. The van der Waals surface area contributed by atoms with E-state index in [4.69, 9.17) is 10.6 Å². The third-order valence-corrected chi connectivity index (χ3v) is 12.2. The average Bonchev–Trinajstić information content (AvgIpc) is 4.06. The number of aromatic hydroxyl groups is 1. The molecule has 59 heavy (non-hydrogen) atoms. The highest BCUT2D eigenvalue weighted by Crippen LogP contribution is 2.28. The van der Waals surface area contributed by atoms with Gasteiger partial charge >= 0.3 is 0 Å². The molecule has 6 rings (SSSR count). The number of carbonyl (C=O) groups is 7. The van der Waals surface area contributed by atoms with E-state index in [0.29, 0.717) is 50.6 Å². The van der Waals surface area contributed by atoms with Gasteiger partial charge in [0, 0.05) is 26.1 Å². The third kappa shape index (κ3) is 9.10. The molecule has 4 saturated heterocycles. The first-order valence-corrected chi connectivity index (χ1v) is 20.6. The molecule has 2 bridgehead atoms. The lowest BCUT2D eigenvalue weighted by molar-refractivity contribution is -0.149. The van der Waals surface area contributed by atoms with Gasteiger partial charge in [-0.2, -0.15) is 0 Å². The molecule has 5 heterocycles. The van der Waals surface area contributed by atoms with E-state index >= 15 is 0 Å². The van der Waals surface area contributed by atoms with Gasteiger partial charge in [-0.25, -0.2) is 5.84 Å². The molecule has 5 aliphatic rings. The zero-order valence-electron chi connectivity index (χ0n) is 34.0. The van der Waals surface area contributed by atoms with Crippen LogP contribution >= 0.6 is 0 Å². The zero-order valence-corrected chi connectivity index (χ0v) is 34.0. The van der Waals surface area contributed by atoms with Crippen molar-refractivity contribution >= 4 is 41.4 Å². The summed E-state index contributed by atoms with van der Waals surface area (Å²) < 4.78 is 5.75. The first-order chi connectivity index (χ1) is 28.1. The predicted molar refractivity (Wildman–Crippen MR) is 210 cm³/mol. The van der Waals surface area contributed by atoms with E-state index in [2.05, 4.69) is 21.3 Å². The molecule has 5 aliphatic heterocycles.